The van der Waals surface area contributed by atoms with E-state index in [0.29, 0.717) is 6.04 Å². The number of hydrazone groups is 1. The van der Waals surface area contributed by atoms with Gasteiger partial charge in [0.1, 0.15) is 5.76 Å². The van der Waals surface area contributed by atoms with Gasteiger partial charge in [0.2, 0.25) is 0 Å². The zero-order chi connectivity index (χ0) is 12.6. The first-order valence-electron chi connectivity index (χ1n) is 6.14. The third kappa shape index (κ3) is 4.08. The van der Waals surface area contributed by atoms with Gasteiger partial charge in [-0.2, -0.15) is 5.10 Å². The van der Waals surface area contributed by atoms with Gasteiger partial charge in [0.15, 0.2) is 0 Å². The van der Waals surface area contributed by atoms with Crippen molar-refractivity contribution in [2.75, 3.05) is 0 Å². The van der Waals surface area contributed by atoms with E-state index in [-0.39, 0.29) is 6.03 Å². The lowest BCUT2D eigenvalue weighted by Gasteiger charge is -2.10. The highest BCUT2D eigenvalue weighted by atomic mass is 16.3. The standard InChI is InChI=1S/C13H17N3O2/c17-13(15-11-5-1-2-6-11)16-14-9-3-7-12-8-4-10-18-12/h3-4,7-11H,1-2,5-6H2,(H2,15,16,17). The molecule has 0 bridgehead atoms. The molecule has 1 aromatic rings. The van der Waals surface area contributed by atoms with Crippen LogP contribution in [0.4, 0.5) is 4.79 Å². The second kappa shape index (κ2) is 6.64. The summed E-state index contributed by atoms with van der Waals surface area (Å²) in [5.74, 6) is 0.747. The lowest BCUT2D eigenvalue weighted by molar-refractivity contribution is 0.237. The number of hydrogen-bond donors (Lipinski definition) is 2. The van der Waals surface area contributed by atoms with Gasteiger partial charge >= 0.3 is 6.03 Å². The van der Waals surface area contributed by atoms with Crippen LogP contribution in [-0.4, -0.2) is 18.3 Å². The van der Waals surface area contributed by atoms with Crippen molar-refractivity contribution in [1.82, 2.24) is 10.7 Å². The van der Waals surface area contributed by atoms with Crippen LogP contribution in [0.3, 0.4) is 0 Å². The first-order chi connectivity index (χ1) is 8.84. The van der Waals surface area contributed by atoms with Crippen molar-refractivity contribution in [1.29, 1.82) is 0 Å². The number of allylic oxidation sites excluding steroid dienone is 1. The van der Waals surface area contributed by atoms with Crippen LogP contribution in [0.1, 0.15) is 31.4 Å². The van der Waals surface area contributed by atoms with Gasteiger partial charge in [-0.25, -0.2) is 10.2 Å². The quantitative estimate of drug-likeness (QED) is 0.634. The van der Waals surface area contributed by atoms with Crippen molar-refractivity contribution in [2.45, 2.75) is 31.7 Å². The summed E-state index contributed by atoms with van der Waals surface area (Å²) in [6.45, 7) is 0. The average Bonchev–Trinajstić information content (AvgIpc) is 3.01. The molecule has 0 atom stereocenters. The third-order valence-corrected chi connectivity index (χ3v) is 2.82. The minimum atomic E-state index is -0.246. The van der Waals surface area contributed by atoms with Gasteiger partial charge in [-0.1, -0.05) is 12.8 Å². The number of rotatable bonds is 4. The zero-order valence-electron chi connectivity index (χ0n) is 10.1. The maximum atomic E-state index is 11.4. The number of amides is 2. The molecule has 1 aliphatic carbocycles. The Morgan fingerprint density at radius 1 is 1.44 bits per heavy atom. The molecule has 96 valence electrons. The summed E-state index contributed by atoms with van der Waals surface area (Å²) < 4.78 is 5.10. The van der Waals surface area contributed by atoms with E-state index < -0.39 is 0 Å². The van der Waals surface area contributed by atoms with Crippen molar-refractivity contribution < 1.29 is 9.21 Å². The van der Waals surface area contributed by atoms with Crippen molar-refractivity contribution >= 4 is 18.3 Å². The zero-order valence-corrected chi connectivity index (χ0v) is 10.1. The van der Waals surface area contributed by atoms with E-state index in [1.165, 1.54) is 19.1 Å². The molecule has 0 unspecified atom stereocenters. The summed E-state index contributed by atoms with van der Waals surface area (Å²) in [6.07, 6.45) is 11.1. The fourth-order valence-electron chi connectivity index (χ4n) is 1.95. The monoisotopic (exact) mass is 247 g/mol. The molecule has 5 nitrogen and oxygen atoms in total. The van der Waals surface area contributed by atoms with Crippen LogP contribution in [0.5, 0.6) is 0 Å². The number of furan rings is 1. The van der Waals surface area contributed by atoms with Gasteiger partial charge in [0.25, 0.3) is 0 Å². The van der Waals surface area contributed by atoms with Crippen molar-refractivity contribution in [3.63, 3.8) is 0 Å². The van der Waals surface area contributed by atoms with E-state index in [4.69, 9.17) is 4.42 Å². The average molecular weight is 247 g/mol. The van der Waals surface area contributed by atoms with E-state index in [9.17, 15) is 4.79 Å². The minimum Gasteiger partial charge on any atom is -0.465 e. The molecule has 0 aliphatic heterocycles. The number of nitrogens with zero attached hydrogens (tertiary/aromatic N) is 1. The van der Waals surface area contributed by atoms with Crippen LogP contribution in [0, 0.1) is 0 Å². The largest absolute Gasteiger partial charge is 0.465 e. The van der Waals surface area contributed by atoms with Crippen LogP contribution in [0.15, 0.2) is 34.0 Å². The number of carbonyl (C=O) groups is 1. The number of hydrogen-bond acceptors (Lipinski definition) is 3. The first-order valence-corrected chi connectivity index (χ1v) is 6.14. The Labute approximate surface area is 106 Å². The van der Waals surface area contributed by atoms with Crippen LogP contribution >= 0.6 is 0 Å². The molecule has 1 fully saturated rings. The molecule has 18 heavy (non-hydrogen) atoms. The van der Waals surface area contributed by atoms with E-state index >= 15 is 0 Å². The fraction of sp³-hybridized carbons (Fsp3) is 0.385. The van der Waals surface area contributed by atoms with E-state index in [0.717, 1.165) is 18.6 Å². The van der Waals surface area contributed by atoms with Crippen LogP contribution < -0.4 is 10.7 Å². The highest BCUT2D eigenvalue weighted by Crippen LogP contribution is 2.17. The fourth-order valence-corrected chi connectivity index (χ4v) is 1.95. The van der Waals surface area contributed by atoms with Gasteiger partial charge in [-0.15, -0.1) is 0 Å². The normalized spacial score (nSPS) is 16.7. The summed E-state index contributed by atoms with van der Waals surface area (Å²) in [5.41, 5.74) is 2.43. The van der Waals surface area contributed by atoms with Crippen LogP contribution in [-0.2, 0) is 0 Å². The Morgan fingerprint density at radius 2 is 2.28 bits per heavy atom. The molecule has 0 saturated heterocycles. The second-order valence-electron chi connectivity index (χ2n) is 4.22. The predicted molar refractivity (Wildman–Crippen MR) is 70.2 cm³/mol. The number of carbonyl (C=O) groups excluding carboxylic acids is 1. The maximum absolute atomic E-state index is 11.4. The topological polar surface area (TPSA) is 66.6 Å². The Kier molecular flexibility index (Phi) is 4.58. The highest BCUT2D eigenvalue weighted by molar-refractivity contribution is 5.80. The Bertz CT molecular complexity index is 417. The summed E-state index contributed by atoms with van der Waals surface area (Å²) in [5, 5.41) is 6.67. The smallest absolute Gasteiger partial charge is 0.335 e. The van der Waals surface area contributed by atoms with Crippen molar-refractivity contribution in [2.24, 2.45) is 5.10 Å². The number of nitrogens with one attached hydrogen (secondary N) is 2. The maximum Gasteiger partial charge on any atom is 0.335 e. The Balaban J connectivity index is 1.65. The number of urea groups is 1. The Hall–Kier alpha value is -2.04. The lowest BCUT2D eigenvalue weighted by atomic mass is 10.3. The summed E-state index contributed by atoms with van der Waals surface area (Å²) >= 11 is 0. The molecule has 1 saturated carbocycles. The van der Waals surface area contributed by atoms with Crippen molar-refractivity contribution in [3.8, 4) is 0 Å². The third-order valence-electron chi connectivity index (χ3n) is 2.82. The molecule has 0 spiro atoms. The Morgan fingerprint density at radius 3 is 3.00 bits per heavy atom. The minimum absolute atomic E-state index is 0.246. The molecule has 1 aliphatic rings. The van der Waals surface area contributed by atoms with Crippen LogP contribution in [0.25, 0.3) is 6.08 Å². The molecule has 1 aromatic heterocycles. The summed E-state index contributed by atoms with van der Waals surface area (Å²) in [4.78, 5) is 11.4. The first kappa shape index (κ1) is 12.4. The molecule has 2 N–H and O–H groups in total. The molecule has 1 heterocycles. The van der Waals surface area contributed by atoms with Gasteiger partial charge in [0, 0.05) is 12.3 Å². The SMILES string of the molecule is O=C(NN=CC=Cc1ccco1)NC1CCCC1. The molecule has 0 aromatic carbocycles. The highest BCUT2D eigenvalue weighted by Gasteiger charge is 2.16. The van der Waals surface area contributed by atoms with Crippen molar-refractivity contribution in [3.05, 3.63) is 30.2 Å². The van der Waals surface area contributed by atoms with Gasteiger partial charge in [-0.3, -0.25) is 0 Å². The van der Waals surface area contributed by atoms with E-state index in [1.807, 2.05) is 12.1 Å². The molecule has 0 radical (unpaired) electrons. The molecule has 2 amide bonds. The summed E-state index contributed by atoms with van der Waals surface area (Å²) in [7, 11) is 0. The molecular formula is C13H17N3O2. The molecule has 5 heteroatoms. The van der Waals surface area contributed by atoms with E-state index in [2.05, 4.69) is 15.8 Å². The predicted octanol–water partition coefficient (Wildman–Crippen LogP) is 2.52. The van der Waals surface area contributed by atoms with Gasteiger partial charge in [-0.05, 0) is 37.1 Å². The van der Waals surface area contributed by atoms with Gasteiger partial charge in [0.05, 0.1) is 6.26 Å². The van der Waals surface area contributed by atoms with Crippen LogP contribution in [0.2, 0.25) is 0 Å². The lowest BCUT2D eigenvalue weighted by Crippen LogP contribution is -2.38. The molecule has 2 rings (SSSR count). The van der Waals surface area contributed by atoms with E-state index in [1.54, 1.807) is 18.4 Å². The second-order valence-corrected chi connectivity index (χ2v) is 4.22. The molecular weight excluding hydrogens is 230 g/mol. The summed E-state index contributed by atoms with van der Waals surface area (Å²) in [6, 6.07) is 3.71. The van der Waals surface area contributed by atoms with Gasteiger partial charge < -0.3 is 9.73 Å².